The highest BCUT2D eigenvalue weighted by Crippen LogP contribution is 2.17. The number of hydrogen-bond donors (Lipinski definition) is 0. The first-order valence-electron chi connectivity index (χ1n) is 4.87. The number of hydrogen-bond acceptors (Lipinski definition) is 2. The highest BCUT2D eigenvalue weighted by atomic mass is 35.5. The van der Waals surface area contributed by atoms with Crippen LogP contribution in [-0.2, 0) is 0 Å². The molecule has 0 aliphatic heterocycles. The van der Waals surface area contributed by atoms with Gasteiger partial charge < -0.3 is 0 Å². The fourth-order valence-corrected chi connectivity index (χ4v) is 1.71. The molecule has 92 valence electrons. The van der Waals surface area contributed by atoms with Gasteiger partial charge in [-0.3, -0.25) is 14.2 Å². The van der Waals surface area contributed by atoms with Crippen LogP contribution in [0.3, 0.4) is 0 Å². The molecule has 0 amide bonds. The van der Waals surface area contributed by atoms with Gasteiger partial charge in [-0.1, -0.05) is 17.7 Å². The van der Waals surface area contributed by atoms with Crippen molar-refractivity contribution in [3.63, 3.8) is 0 Å². The summed E-state index contributed by atoms with van der Waals surface area (Å²) in [7, 11) is 0. The Morgan fingerprint density at radius 2 is 1.78 bits per heavy atom. The second-order valence-corrected chi connectivity index (χ2v) is 3.85. The lowest BCUT2D eigenvalue weighted by molar-refractivity contribution is 0.112. The molecular formula is C12H6ClF2NO2. The first-order valence-corrected chi connectivity index (χ1v) is 5.24. The van der Waals surface area contributed by atoms with Crippen molar-refractivity contribution < 1.29 is 13.6 Å². The SMILES string of the molecule is O=Cc1c(Cl)ccn(-c2c(F)cccc2F)c1=O. The van der Waals surface area contributed by atoms with Crippen molar-refractivity contribution in [1.82, 2.24) is 4.57 Å². The summed E-state index contributed by atoms with van der Waals surface area (Å²) in [6.45, 7) is 0. The molecule has 6 heteroatoms. The maximum Gasteiger partial charge on any atom is 0.267 e. The monoisotopic (exact) mass is 269 g/mol. The van der Waals surface area contributed by atoms with E-state index in [0.717, 1.165) is 18.3 Å². The van der Waals surface area contributed by atoms with E-state index in [-0.39, 0.29) is 16.9 Å². The molecule has 0 saturated carbocycles. The summed E-state index contributed by atoms with van der Waals surface area (Å²) >= 11 is 5.64. The van der Waals surface area contributed by atoms with Gasteiger partial charge in [0.1, 0.15) is 17.3 Å². The van der Waals surface area contributed by atoms with Crippen molar-refractivity contribution in [3.8, 4) is 5.69 Å². The zero-order valence-electron chi connectivity index (χ0n) is 8.86. The number of pyridine rings is 1. The van der Waals surface area contributed by atoms with Gasteiger partial charge in [-0.25, -0.2) is 8.78 Å². The highest BCUT2D eigenvalue weighted by molar-refractivity contribution is 6.32. The molecule has 3 nitrogen and oxygen atoms in total. The summed E-state index contributed by atoms with van der Waals surface area (Å²) < 4.78 is 27.8. The minimum absolute atomic E-state index is 0.0667. The number of benzene rings is 1. The van der Waals surface area contributed by atoms with Crippen LogP contribution in [-0.4, -0.2) is 10.9 Å². The van der Waals surface area contributed by atoms with Gasteiger partial charge in [-0.05, 0) is 18.2 Å². The third-order valence-electron chi connectivity index (χ3n) is 2.37. The third-order valence-corrected chi connectivity index (χ3v) is 2.70. The Hall–Kier alpha value is -2.01. The smallest absolute Gasteiger partial charge is 0.267 e. The Balaban J connectivity index is 2.81. The average molecular weight is 270 g/mol. The number of rotatable bonds is 2. The number of carbonyl (C=O) groups excluding carboxylic acids is 1. The zero-order chi connectivity index (χ0) is 13.3. The van der Waals surface area contributed by atoms with Crippen LogP contribution < -0.4 is 5.56 Å². The molecule has 1 aromatic heterocycles. The van der Waals surface area contributed by atoms with E-state index in [1.54, 1.807) is 0 Å². The minimum atomic E-state index is -0.906. The lowest BCUT2D eigenvalue weighted by atomic mass is 10.2. The van der Waals surface area contributed by atoms with E-state index in [4.69, 9.17) is 11.6 Å². The molecule has 0 aliphatic rings. The molecule has 2 rings (SSSR count). The van der Waals surface area contributed by atoms with Crippen molar-refractivity contribution >= 4 is 17.9 Å². The molecule has 2 aromatic rings. The molecule has 0 aliphatic carbocycles. The Kier molecular flexibility index (Phi) is 3.25. The lowest BCUT2D eigenvalue weighted by Gasteiger charge is -2.09. The van der Waals surface area contributed by atoms with Gasteiger partial charge in [0.2, 0.25) is 0 Å². The van der Waals surface area contributed by atoms with Crippen LogP contribution in [0, 0.1) is 11.6 Å². The predicted molar refractivity (Wildman–Crippen MR) is 62.4 cm³/mol. The quantitative estimate of drug-likeness (QED) is 0.786. The molecular weight excluding hydrogens is 264 g/mol. The zero-order valence-corrected chi connectivity index (χ0v) is 9.62. The Labute approximate surface area is 105 Å². The fraction of sp³-hybridized carbons (Fsp3) is 0. The van der Waals surface area contributed by atoms with Gasteiger partial charge in [-0.2, -0.15) is 0 Å². The van der Waals surface area contributed by atoms with Gasteiger partial charge in [-0.15, -0.1) is 0 Å². The van der Waals surface area contributed by atoms with Crippen molar-refractivity contribution in [3.05, 3.63) is 63.0 Å². The van der Waals surface area contributed by atoms with E-state index < -0.39 is 22.9 Å². The second-order valence-electron chi connectivity index (χ2n) is 3.44. The summed E-state index contributed by atoms with van der Waals surface area (Å²) in [6, 6.07) is 4.43. The van der Waals surface area contributed by atoms with Crippen LogP contribution in [0.1, 0.15) is 10.4 Å². The Morgan fingerprint density at radius 1 is 1.17 bits per heavy atom. The number of aromatic nitrogens is 1. The molecule has 0 spiro atoms. The lowest BCUT2D eigenvalue weighted by Crippen LogP contribution is -2.23. The third kappa shape index (κ3) is 1.93. The van der Waals surface area contributed by atoms with Crippen LogP contribution in [0.4, 0.5) is 8.78 Å². The van der Waals surface area contributed by atoms with Crippen LogP contribution in [0.25, 0.3) is 5.69 Å². The van der Waals surface area contributed by atoms with Gasteiger partial charge >= 0.3 is 0 Å². The topological polar surface area (TPSA) is 39.1 Å². The van der Waals surface area contributed by atoms with Gasteiger partial charge in [0.25, 0.3) is 5.56 Å². The number of para-hydroxylation sites is 1. The molecule has 0 radical (unpaired) electrons. The Bertz CT molecular complexity index is 662. The number of aldehydes is 1. The maximum absolute atomic E-state index is 13.5. The number of carbonyl (C=O) groups is 1. The molecule has 18 heavy (non-hydrogen) atoms. The maximum atomic E-state index is 13.5. The van der Waals surface area contributed by atoms with E-state index in [1.807, 2.05) is 0 Å². The number of halogens is 3. The molecule has 0 unspecified atom stereocenters. The van der Waals surface area contributed by atoms with Gasteiger partial charge in [0.15, 0.2) is 6.29 Å². The highest BCUT2D eigenvalue weighted by Gasteiger charge is 2.15. The molecule has 0 N–H and O–H groups in total. The summed E-state index contributed by atoms with van der Waals surface area (Å²) in [6.07, 6.45) is 1.36. The van der Waals surface area contributed by atoms with E-state index in [2.05, 4.69) is 0 Å². The summed E-state index contributed by atoms with van der Waals surface area (Å²) in [5.41, 5.74) is -1.76. The summed E-state index contributed by atoms with van der Waals surface area (Å²) in [5.74, 6) is -1.81. The summed E-state index contributed by atoms with van der Waals surface area (Å²) in [5, 5.41) is -0.0667. The normalized spacial score (nSPS) is 10.4. The minimum Gasteiger partial charge on any atom is -0.298 e. The predicted octanol–water partition coefficient (Wildman–Crippen LogP) is 2.58. The molecule has 1 aromatic carbocycles. The van der Waals surface area contributed by atoms with Crippen LogP contribution in [0.15, 0.2) is 35.3 Å². The fourth-order valence-electron chi connectivity index (χ4n) is 1.53. The van der Waals surface area contributed by atoms with E-state index in [9.17, 15) is 18.4 Å². The Morgan fingerprint density at radius 3 is 2.33 bits per heavy atom. The number of nitrogens with zero attached hydrogens (tertiary/aromatic N) is 1. The average Bonchev–Trinajstić information content (AvgIpc) is 2.32. The summed E-state index contributed by atoms with van der Waals surface area (Å²) in [4.78, 5) is 22.6. The molecule has 0 bridgehead atoms. The van der Waals surface area contributed by atoms with Gasteiger partial charge in [0.05, 0.1) is 10.6 Å². The van der Waals surface area contributed by atoms with E-state index in [0.29, 0.717) is 4.57 Å². The van der Waals surface area contributed by atoms with Crippen LogP contribution in [0.2, 0.25) is 5.02 Å². The van der Waals surface area contributed by atoms with Crippen LogP contribution >= 0.6 is 11.6 Å². The second kappa shape index (κ2) is 4.70. The van der Waals surface area contributed by atoms with E-state index in [1.165, 1.54) is 12.1 Å². The van der Waals surface area contributed by atoms with Crippen molar-refractivity contribution in [1.29, 1.82) is 0 Å². The molecule has 0 fully saturated rings. The van der Waals surface area contributed by atoms with E-state index >= 15 is 0 Å². The standard InChI is InChI=1S/C12H6ClF2NO2/c13-8-4-5-16(12(18)7(8)6-17)11-9(14)2-1-3-10(11)15/h1-6H. The molecule has 0 atom stereocenters. The van der Waals surface area contributed by atoms with Crippen molar-refractivity contribution in [2.45, 2.75) is 0 Å². The molecule has 1 heterocycles. The first-order chi connectivity index (χ1) is 8.56. The van der Waals surface area contributed by atoms with Crippen molar-refractivity contribution in [2.75, 3.05) is 0 Å². The molecule has 0 saturated heterocycles. The largest absolute Gasteiger partial charge is 0.298 e. The first kappa shape index (κ1) is 12.4. The van der Waals surface area contributed by atoms with Crippen LogP contribution in [0.5, 0.6) is 0 Å². The van der Waals surface area contributed by atoms with Crippen molar-refractivity contribution in [2.24, 2.45) is 0 Å². The van der Waals surface area contributed by atoms with Gasteiger partial charge in [0, 0.05) is 6.20 Å².